The van der Waals surface area contributed by atoms with Gasteiger partial charge in [0, 0.05) is 10.2 Å². The van der Waals surface area contributed by atoms with Crippen molar-refractivity contribution in [2.24, 2.45) is 0 Å². The number of tetrazole rings is 1. The van der Waals surface area contributed by atoms with Crippen molar-refractivity contribution in [2.45, 2.75) is 29.8 Å². The summed E-state index contributed by atoms with van der Waals surface area (Å²) in [5.41, 5.74) is 1.79. The van der Waals surface area contributed by atoms with Crippen LogP contribution in [-0.2, 0) is 5.75 Å². The van der Waals surface area contributed by atoms with Crippen LogP contribution in [0.4, 0.5) is 0 Å². The Labute approximate surface area is 123 Å². The lowest BCUT2D eigenvalue weighted by Crippen LogP contribution is -1.99. The first-order chi connectivity index (χ1) is 9.28. The molecule has 3 rings (SSSR count). The average molecular weight is 336 g/mol. The number of hydrogen-bond donors (Lipinski definition) is 0. The van der Waals surface area contributed by atoms with Crippen molar-refractivity contribution in [3.63, 3.8) is 0 Å². The smallest absolute Gasteiger partial charge is 0.209 e. The molecular formula is C12H10BrN5S. The van der Waals surface area contributed by atoms with Crippen LogP contribution in [0.2, 0.25) is 0 Å². The highest BCUT2D eigenvalue weighted by atomic mass is 79.9. The van der Waals surface area contributed by atoms with E-state index in [4.69, 9.17) is 5.26 Å². The second kappa shape index (κ2) is 5.31. The van der Waals surface area contributed by atoms with Crippen LogP contribution in [0.5, 0.6) is 0 Å². The minimum atomic E-state index is 0.488. The van der Waals surface area contributed by atoms with Gasteiger partial charge in [0.15, 0.2) is 0 Å². The molecule has 1 aliphatic rings. The van der Waals surface area contributed by atoms with E-state index in [-0.39, 0.29) is 0 Å². The zero-order chi connectivity index (χ0) is 13.2. The Kier molecular flexibility index (Phi) is 3.53. The van der Waals surface area contributed by atoms with Crippen LogP contribution >= 0.6 is 27.7 Å². The molecule has 0 amide bonds. The van der Waals surface area contributed by atoms with E-state index >= 15 is 0 Å². The Hall–Kier alpha value is -1.39. The summed E-state index contributed by atoms with van der Waals surface area (Å²) in [5, 5.41) is 21.5. The minimum absolute atomic E-state index is 0.488. The quantitative estimate of drug-likeness (QED) is 0.803. The number of benzene rings is 1. The standard InChI is InChI=1S/C12H10BrN5S/c13-11-5-8(6-14)1-2-9(11)7-19-12-15-16-17-18(12)10-3-4-10/h1-2,5,10H,3-4,7H2. The summed E-state index contributed by atoms with van der Waals surface area (Å²) in [6.07, 6.45) is 2.33. The maximum Gasteiger partial charge on any atom is 0.209 e. The number of nitrogens with zero attached hydrogens (tertiary/aromatic N) is 5. The van der Waals surface area contributed by atoms with E-state index in [2.05, 4.69) is 37.5 Å². The second-order valence-corrected chi connectivity index (χ2v) is 6.14. The first kappa shape index (κ1) is 12.6. The number of aromatic nitrogens is 4. The zero-order valence-corrected chi connectivity index (χ0v) is 12.4. The van der Waals surface area contributed by atoms with Crippen molar-refractivity contribution in [2.75, 3.05) is 0 Å². The molecule has 0 saturated heterocycles. The molecule has 1 fully saturated rings. The molecule has 5 nitrogen and oxygen atoms in total. The van der Waals surface area contributed by atoms with Gasteiger partial charge in [-0.05, 0) is 41.0 Å². The molecule has 0 aliphatic heterocycles. The molecule has 2 aromatic rings. The molecule has 1 aromatic heterocycles. The van der Waals surface area contributed by atoms with Crippen molar-refractivity contribution in [3.05, 3.63) is 33.8 Å². The van der Waals surface area contributed by atoms with Gasteiger partial charge in [0.05, 0.1) is 17.7 Å². The van der Waals surface area contributed by atoms with Crippen molar-refractivity contribution in [1.82, 2.24) is 20.2 Å². The van der Waals surface area contributed by atoms with E-state index in [1.807, 2.05) is 22.9 Å². The third kappa shape index (κ3) is 2.80. The number of halogens is 1. The number of rotatable bonds is 4. The van der Waals surface area contributed by atoms with Gasteiger partial charge in [-0.15, -0.1) is 5.10 Å². The maximum absolute atomic E-state index is 8.83. The number of thioether (sulfide) groups is 1. The van der Waals surface area contributed by atoms with Crippen molar-refractivity contribution in [1.29, 1.82) is 5.26 Å². The fourth-order valence-corrected chi connectivity index (χ4v) is 3.36. The van der Waals surface area contributed by atoms with Crippen LogP contribution in [0, 0.1) is 11.3 Å². The Morgan fingerprint density at radius 1 is 1.47 bits per heavy atom. The summed E-state index contributed by atoms with van der Waals surface area (Å²) < 4.78 is 2.85. The lowest BCUT2D eigenvalue weighted by Gasteiger charge is -2.05. The molecule has 1 aliphatic carbocycles. The lowest BCUT2D eigenvalue weighted by atomic mass is 10.2. The van der Waals surface area contributed by atoms with Crippen LogP contribution in [-0.4, -0.2) is 20.2 Å². The topological polar surface area (TPSA) is 67.4 Å². The Morgan fingerprint density at radius 3 is 3.00 bits per heavy atom. The van der Waals surface area contributed by atoms with Gasteiger partial charge in [-0.1, -0.05) is 33.8 Å². The molecule has 1 aromatic carbocycles. The van der Waals surface area contributed by atoms with E-state index in [1.54, 1.807) is 11.8 Å². The zero-order valence-electron chi connectivity index (χ0n) is 9.95. The summed E-state index contributed by atoms with van der Waals surface area (Å²) in [4.78, 5) is 0. The average Bonchev–Trinajstić information content (AvgIpc) is 3.16. The summed E-state index contributed by atoms with van der Waals surface area (Å²) in [6, 6.07) is 8.23. The summed E-state index contributed by atoms with van der Waals surface area (Å²) in [5.74, 6) is 0.777. The molecule has 7 heteroatoms. The van der Waals surface area contributed by atoms with Gasteiger partial charge in [0.25, 0.3) is 0 Å². The van der Waals surface area contributed by atoms with Crippen molar-refractivity contribution in [3.8, 4) is 6.07 Å². The van der Waals surface area contributed by atoms with E-state index < -0.39 is 0 Å². The van der Waals surface area contributed by atoms with Crippen LogP contribution in [0.15, 0.2) is 27.8 Å². The molecular weight excluding hydrogens is 326 g/mol. The summed E-state index contributed by atoms with van der Waals surface area (Å²) >= 11 is 5.11. The van der Waals surface area contributed by atoms with Gasteiger partial charge in [-0.2, -0.15) is 5.26 Å². The Morgan fingerprint density at radius 2 is 2.32 bits per heavy atom. The van der Waals surface area contributed by atoms with Gasteiger partial charge in [0.2, 0.25) is 5.16 Å². The molecule has 0 unspecified atom stereocenters. The molecule has 0 bridgehead atoms. The van der Waals surface area contributed by atoms with Crippen molar-refractivity contribution < 1.29 is 0 Å². The molecule has 0 atom stereocenters. The van der Waals surface area contributed by atoms with Crippen LogP contribution < -0.4 is 0 Å². The normalized spacial score (nSPS) is 14.3. The van der Waals surface area contributed by atoms with Crippen LogP contribution in [0.1, 0.15) is 30.0 Å². The summed E-state index contributed by atoms with van der Waals surface area (Å²) in [6.45, 7) is 0. The molecule has 0 N–H and O–H groups in total. The lowest BCUT2D eigenvalue weighted by molar-refractivity contribution is 0.565. The first-order valence-corrected chi connectivity index (χ1v) is 7.65. The van der Waals surface area contributed by atoms with E-state index in [9.17, 15) is 0 Å². The van der Waals surface area contributed by atoms with Crippen molar-refractivity contribution >= 4 is 27.7 Å². The second-order valence-electron chi connectivity index (χ2n) is 4.34. The van der Waals surface area contributed by atoms with Gasteiger partial charge in [0.1, 0.15) is 0 Å². The molecule has 96 valence electrons. The molecule has 1 saturated carbocycles. The number of hydrogen-bond acceptors (Lipinski definition) is 5. The fraction of sp³-hybridized carbons (Fsp3) is 0.333. The third-order valence-electron chi connectivity index (χ3n) is 2.89. The van der Waals surface area contributed by atoms with E-state index in [0.29, 0.717) is 11.6 Å². The summed E-state index contributed by atoms with van der Waals surface area (Å²) in [7, 11) is 0. The number of nitriles is 1. The van der Waals surface area contributed by atoms with E-state index in [1.165, 1.54) is 12.8 Å². The molecule has 0 radical (unpaired) electrons. The molecule has 1 heterocycles. The Bertz CT molecular complexity index is 644. The van der Waals surface area contributed by atoms with Gasteiger partial charge in [-0.25, -0.2) is 4.68 Å². The molecule has 0 spiro atoms. The van der Waals surface area contributed by atoms with Crippen LogP contribution in [0.3, 0.4) is 0 Å². The molecule has 19 heavy (non-hydrogen) atoms. The predicted molar refractivity (Wildman–Crippen MR) is 74.5 cm³/mol. The minimum Gasteiger partial charge on any atom is -0.217 e. The fourth-order valence-electron chi connectivity index (χ4n) is 1.70. The third-order valence-corrected chi connectivity index (χ3v) is 4.61. The van der Waals surface area contributed by atoms with E-state index in [0.717, 1.165) is 20.9 Å². The maximum atomic E-state index is 8.83. The predicted octanol–water partition coefficient (Wildman–Crippen LogP) is 2.93. The highest BCUT2D eigenvalue weighted by molar-refractivity contribution is 9.10. The van der Waals surface area contributed by atoms with Crippen LogP contribution in [0.25, 0.3) is 0 Å². The highest BCUT2D eigenvalue weighted by Crippen LogP contribution is 2.37. The van der Waals surface area contributed by atoms with Gasteiger partial charge in [-0.3, -0.25) is 0 Å². The van der Waals surface area contributed by atoms with Gasteiger partial charge < -0.3 is 0 Å². The largest absolute Gasteiger partial charge is 0.217 e. The highest BCUT2D eigenvalue weighted by Gasteiger charge is 2.27. The Balaban J connectivity index is 1.72. The monoisotopic (exact) mass is 335 g/mol. The first-order valence-electron chi connectivity index (χ1n) is 5.87. The SMILES string of the molecule is N#Cc1ccc(CSc2nnnn2C2CC2)c(Br)c1. The van der Waals surface area contributed by atoms with Gasteiger partial charge >= 0.3 is 0 Å².